The van der Waals surface area contributed by atoms with E-state index in [-0.39, 0.29) is 0 Å². The van der Waals surface area contributed by atoms with E-state index < -0.39 is 10.0 Å². The maximum atomic E-state index is 12.3. The molecule has 0 atom stereocenters. The monoisotopic (exact) mass is 320 g/mol. The molecule has 0 fully saturated rings. The van der Waals surface area contributed by atoms with Crippen molar-refractivity contribution >= 4 is 21.4 Å². The highest BCUT2D eigenvalue weighted by Gasteiger charge is 2.22. The number of ether oxygens (including phenoxy) is 1. The molecule has 0 aliphatic heterocycles. The van der Waals surface area contributed by atoms with E-state index in [1.807, 2.05) is 12.3 Å². The van der Waals surface area contributed by atoms with Gasteiger partial charge in [0, 0.05) is 32.8 Å². The van der Waals surface area contributed by atoms with Crippen LogP contribution >= 0.6 is 11.3 Å². The summed E-state index contributed by atoms with van der Waals surface area (Å²) in [5.74, 6) is 0. The van der Waals surface area contributed by atoms with Gasteiger partial charge in [-0.1, -0.05) is 13.8 Å². The van der Waals surface area contributed by atoms with Crippen molar-refractivity contribution in [1.29, 1.82) is 0 Å². The second-order valence-electron chi connectivity index (χ2n) is 4.83. The van der Waals surface area contributed by atoms with Gasteiger partial charge in [0.1, 0.15) is 4.21 Å². The van der Waals surface area contributed by atoms with E-state index in [1.165, 1.54) is 15.6 Å². The molecule has 7 heteroatoms. The van der Waals surface area contributed by atoms with E-state index in [1.54, 1.807) is 13.1 Å². The van der Waals surface area contributed by atoms with Crippen LogP contribution in [-0.4, -0.2) is 45.6 Å². The highest BCUT2D eigenvalue weighted by Crippen LogP contribution is 2.23. The van der Waals surface area contributed by atoms with E-state index in [9.17, 15) is 8.42 Å². The number of nitrogens with zero attached hydrogens (tertiary/aromatic N) is 1. The highest BCUT2D eigenvalue weighted by molar-refractivity contribution is 7.91. The lowest BCUT2D eigenvalue weighted by Gasteiger charge is -2.15. The van der Waals surface area contributed by atoms with Gasteiger partial charge >= 0.3 is 0 Å². The second-order valence-corrected chi connectivity index (χ2v) is 8.02. The first-order valence-corrected chi connectivity index (χ1v) is 9.04. The zero-order valence-electron chi connectivity index (χ0n) is 12.5. The summed E-state index contributed by atoms with van der Waals surface area (Å²) in [5, 5.41) is 5.16. The van der Waals surface area contributed by atoms with E-state index >= 15 is 0 Å². The molecule has 116 valence electrons. The average molecular weight is 320 g/mol. The summed E-state index contributed by atoms with van der Waals surface area (Å²) in [5.41, 5.74) is 1.00. The molecule has 0 amide bonds. The van der Waals surface area contributed by atoms with Crippen LogP contribution in [0.15, 0.2) is 15.7 Å². The van der Waals surface area contributed by atoms with Gasteiger partial charge in [-0.25, -0.2) is 8.42 Å². The van der Waals surface area contributed by atoms with Gasteiger partial charge in [0.25, 0.3) is 10.0 Å². The molecule has 1 rings (SSSR count). The van der Waals surface area contributed by atoms with Crippen LogP contribution in [-0.2, 0) is 21.3 Å². The Hall–Kier alpha value is -0.470. The summed E-state index contributed by atoms with van der Waals surface area (Å²) in [6, 6.07) is 2.12. The molecule has 1 aromatic rings. The van der Waals surface area contributed by atoms with Gasteiger partial charge in [-0.3, -0.25) is 0 Å². The Labute approximate surface area is 126 Å². The van der Waals surface area contributed by atoms with Crippen LogP contribution in [0.25, 0.3) is 0 Å². The Bertz CT molecular complexity index is 497. The summed E-state index contributed by atoms with van der Waals surface area (Å²) in [6.45, 7) is 8.08. The molecule has 1 N–H and O–H groups in total. The largest absolute Gasteiger partial charge is 0.380 e. The van der Waals surface area contributed by atoms with Gasteiger partial charge in [-0.2, -0.15) is 4.31 Å². The minimum absolute atomic E-state index is 0.369. The minimum atomic E-state index is -3.39. The van der Waals surface area contributed by atoms with Crippen LogP contribution in [0.3, 0.4) is 0 Å². The highest BCUT2D eigenvalue weighted by atomic mass is 32.2. The number of hydrogen-bond donors (Lipinski definition) is 1. The summed E-state index contributed by atoms with van der Waals surface area (Å²) >= 11 is 1.27. The van der Waals surface area contributed by atoms with Gasteiger partial charge < -0.3 is 10.1 Å². The topological polar surface area (TPSA) is 58.6 Å². The van der Waals surface area contributed by atoms with Gasteiger partial charge in [0.2, 0.25) is 0 Å². The fourth-order valence-electron chi connectivity index (χ4n) is 1.51. The van der Waals surface area contributed by atoms with Gasteiger partial charge in [-0.15, -0.1) is 11.3 Å². The molecule has 0 saturated carbocycles. The Morgan fingerprint density at radius 2 is 2.15 bits per heavy atom. The standard InChI is InChI=1S/C13H24N2O3S2/c1-5-18-7-6-15(4)20(16,17)13-8-12(10-19-13)9-14-11(2)3/h8,10-11,14H,5-7,9H2,1-4H3. The third-order valence-electron chi connectivity index (χ3n) is 2.76. The second kappa shape index (κ2) is 8.09. The van der Waals surface area contributed by atoms with Gasteiger partial charge in [0.05, 0.1) is 6.61 Å². The molecule has 0 unspecified atom stereocenters. The smallest absolute Gasteiger partial charge is 0.252 e. The molecule has 1 aromatic heterocycles. The van der Waals surface area contributed by atoms with Crippen molar-refractivity contribution in [2.24, 2.45) is 0 Å². The van der Waals surface area contributed by atoms with Crippen molar-refractivity contribution in [2.75, 3.05) is 26.8 Å². The molecular weight excluding hydrogens is 296 g/mol. The van der Waals surface area contributed by atoms with Crippen molar-refractivity contribution < 1.29 is 13.2 Å². The van der Waals surface area contributed by atoms with Crippen LogP contribution in [0.1, 0.15) is 26.3 Å². The third-order valence-corrected chi connectivity index (χ3v) is 6.08. The molecule has 0 spiro atoms. The van der Waals surface area contributed by atoms with Crippen molar-refractivity contribution in [3.05, 3.63) is 17.0 Å². The first kappa shape index (κ1) is 17.6. The molecule has 20 heavy (non-hydrogen) atoms. The van der Waals surface area contributed by atoms with E-state index in [4.69, 9.17) is 4.74 Å². The third kappa shape index (κ3) is 5.14. The summed E-state index contributed by atoms with van der Waals surface area (Å²) in [6.07, 6.45) is 0. The maximum Gasteiger partial charge on any atom is 0.252 e. The fourth-order valence-corrected chi connectivity index (χ4v) is 4.09. The number of likely N-dealkylation sites (N-methyl/N-ethyl adjacent to an activating group) is 1. The van der Waals surface area contributed by atoms with Crippen LogP contribution in [0.4, 0.5) is 0 Å². The number of sulfonamides is 1. The molecule has 0 aliphatic rings. The number of rotatable bonds is 9. The quantitative estimate of drug-likeness (QED) is 0.706. The summed E-state index contributed by atoms with van der Waals surface area (Å²) in [4.78, 5) is 0. The molecule has 0 radical (unpaired) electrons. The zero-order valence-corrected chi connectivity index (χ0v) is 14.2. The number of nitrogens with one attached hydrogen (secondary N) is 1. The van der Waals surface area contributed by atoms with Crippen molar-refractivity contribution in [3.8, 4) is 0 Å². The molecule has 0 saturated heterocycles. The molecule has 0 aromatic carbocycles. The van der Waals surface area contributed by atoms with Crippen molar-refractivity contribution in [2.45, 2.75) is 37.6 Å². The summed E-state index contributed by atoms with van der Waals surface area (Å²) in [7, 11) is -1.81. The Morgan fingerprint density at radius 1 is 1.45 bits per heavy atom. The lowest BCUT2D eigenvalue weighted by molar-refractivity contribution is 0.138. The normalized spacial score (nSPS) is 12.5. The Kier molecular flexibility index (Phi) is 7.11. The zero-order chi connectivity index (χ0) is 15.2. The minimum Gasteiger partial charge on any atom is -0.380 e. The lowest BCUT2D eigenvalue weighted by atomic mass is 10.3. The van der Waals surface area contributed by atoms with Crippen molar-refractivity contribution in [3.63, 3.8) is 0 Å². The van der Waals surface area contributed by atoms with Gasteiger partial charge in [-0.05, 0) is 23.9 Å². The Morgan fingerprint density at radius 3 is 2.75 bits per heavy atom. The van der Waals surface area contributed by atoms with Crippen LogP contribution < -0.4 is 5.32 Å². The van der Waals surface area contributed by atoms with Crippen LogP contribution in [0.5, 0.6) is 0 Å². The van der Waals surface area contributed by atoms with Crippen LogP contribution in [0, 0.1) is 0 Å². The molecular formula is C13H24N2O3S2. The van der Waals surface area contributed by atoms with E-state index in [0.717, 1.165) is 5.56 Å². The maximum absolute atomic E-state index is 12.3. The molecule has 0 aliphatic carbocycles. The number of hydrogen-bond acceptors (Lipinski definition) is 5. The van der Waals surface area contributed by atoms with E-state index in [0.29, 0.717) is 36.6 Å². The Balaban J connectivity index is 2.67. The van der Waals surface area contributed by atoms with Gasteiger partial charge in [0.15, 0.2) is 0 Å². The van der Waals surface area contributed by atoms with Crippen LogP contribution in [0.2, 0.25) is 0 Å². The first-order chi connectivity index (χ1) is 9.37. The SMILES string of the molecule is CCOCCN(C)S(=O)(=O)c1cc(CNC(C)C)cs1. The lowest BCUT2D eigenvalue weighted by Crippen LogP contribution is -2.29. The number of thiophene rings is 1. The summed E-state index contributed by atoms with van der Waals surface area (Å²) < 4.78 is 31.6. The van der Waals surface area contributed by atoms with Crippen molar-refractivity contribution in [1.82, 2.24) is 9.62 Å². The molecule has 0 bridgehead atoms. The predicted molar refractivity (Wildman–Crippen MR) is 82.6 cm³/mol. The fraction of sp³-hybridized carbons (Fsp3) is 0.692. The predicted octanol–water partition coefficient (Wildman–Crippen LogP) is 1.90. The first-order valence-electron chi connectivity index (χ1n) is 6.72. The molecule has 5 nitrogen and oxygen atoms in total. The molecule has 1 heterocycles. The van der Waals surface area contributed by atoms with E-state index in [2.05, 4.69) is 19.2 Å². The average Bonchev–Trinajstić information content (AvgIpc) is 2.86.